The standard InChI is InChI=1S/C15H29NO2/c17-15-6-2-1-4-14(15)5-3-9-16-12-13-7-10-18-11-8-13/h13-17H,1-12H2. The van der Waals surface area contributed by atoms with E-state index in [9.17, 15) is 5.11 Å². The average Bonchev–Trinajstić information content (AvgIpc) is 2.42. The average molecular weight is 255 g/mol. The lowest BCUT2D eigenvalue weighted by atomic mass is 9.83. The molecule has 1 heterocycles. The van der Waals surface area contributed by atoms with E-state index in [0.29, 0.717) is 5.92 Å². The molecule has 0 spiro atoms. The molecule has 2 N–H and O–H groups in total. The third kappa shape index (κ3) is 4.87. The Morgan fingerprint density at radius 3 is 2.61 bits per heavy atom. The van der Waals surface area contributed by atoms with Crippen LogP contribution in [0.15, 0.2) is 0 Å². The van der Waals surface area contributed by atoms with E-state index < -0.39 is 0 Å². The van der Waals surface area contributed by atoms with Crippen LogP contribution in [0.1, 0.15) is 51.4 Å². The molecule has 2 rings (SSSR count). The SMILES string of the molecule is OC1CCCCC1CCCNCC1CCOCC1. The predicted octanol–water partition coefficient (Wildman–Crippen LogP) is 2.33. The van der Waals surface area contributed by atoms with Crippen molar-refractivity contribution in [2.45, 2.75) is 57.5 Å². The molecule has 1 aliphatic carbocycles. The van der Waals surface area contributed by atoms with Gasteiger partial charge < -0.3 is 15.2 Å². The van der Waals surface area contributed by atoms with Gasteiger partial charge in [0.2, 0.25) is 0 Å². The first-order valence-electron chi connectivity index (χ1n) is 7.83. The monoisotopic (exact) mass is 255 g/mol. The molecule has 2 fully saturated rings. The Kier molecular flexibility index (Phi) is 6.46. The lowest BCUT2D eigenvalue weighted by molar-refractivity contribution is 0.0622. The van der Waals surface area contributed by atoms with Gasteiger partial charge in [0.15, 0.2) is 0 Å². The highest BCUT2D eigenvalue weighted by Gasteiger charge is 2.22. The van der Waals surface area contributed by atoms with E-state index in [-0.39, 0.29) is 6.10 Å². The van der Waals surface area contributed by atoms with Gasteiger partial charge in [0.25, 0.3) is 0 Å². The summed E-state index contributed by atoms with van der Waals surface area (Å²) in [7, 11) is 0. The molecule has 2 unspecified atom stereocenters. The molecule has 0 aromatic rings. The van der Waals surface area contributed by atoms with Crippen LogP contribution in [0, 0.1) is 11.8 Å². The number of aliphatic hydroxyl groups is 1. The molecular weight excluding hydrogens is 226 g/mol. The fraction of sp³-hybridized carbons (Fsp3) is 1.00. The normalized spacial score (nSPS) is 30.5. The molecular formula is C15H29NO2. The van der Waals surface area contributed by atoms with Crippen molar-refractivity contribution >= 4 is 0 Å². The van der Waals surface area contributed by atoms with Crippen LogP contribution >= 0.6 is 0 Å². The summed E-state index contributed by atoms with van der Waals surface area (Å²) in [5.74, 6) is 1.39. The van der Waals surface area contributed by atoms with Crippen LogP contribution in [-0.4, -0.2) is 37.5 Å². The van der Waals surface area contributed by atoms with Crippen LogP contribution in [0.5, 0.6) is 0 Å². The first-order valence-corrected chi connectivity index (χ1v) is 7.83. The van der Waals surface area contributed by atoms with Crippen molar-refractivity contribution in [3.05, 3.63) is 0 Å². The molecule has 2 aliphatic rings. The summed E-state index contributed by atoms with van der Waals surface area (Å²) in [6.07, 6.45) is 9.63. The lowest BCUT2D eigenvalue weighted by Gasteiger charge is -2.27. The Morgan fingerprint density at radius 2 is 1.83 bits per heavy atom. The molecule has 1 saturated heterocycles. The zero-order chi connectivity index (χ0) is 12.6. The molecule has 0 bridgehead atoms. The Morgan fingerprint density at radius 1 is 1.06 bits per heavy atom. The smallest absolute Gasteiger partial charge is 0.0568 e. The van der Waals surface area contributed by atoms with E-state index in [1.54, 1.807) is 0 Å². The highest BCUT2D eigenvalue weighted by molar-refractivity contribution is 4.74. The second kappa shape index (κ2) is 8.13. The van der Waals surface area contributed by atoms with Gasteiger partial charge in [-0.1, -0.05) is 12.8 Å². The molecule has 1 saturated carbocycles. The van der Waals surface area contributed by atoms with Gasteiger partial charge in [0.05, 0.1) is 6.10 Å². The molecule has 0 amide bonds. The van der Waals surface area contributed by atoms with Crippen molar-refractivity contribution < 1.29 is 9.84 Å². The van der Waals surface area contributed by atoms with Gasteiger partial charge in [-0.25, -0.2) is 0 Å². The van der Waals surface area contributed by atoms with Crippen molar-refractivity contribution in [3.63, 3.8) is 0 Å². The fourth-order valence-electron chi connectivity index (χ4n) is 3.27. The van der Waals surface area contributed by atoms with Gasteiger partial charge in [0, 0.05) is 13.2 Å². The van der Waals surface area contributed by atoms with Gasteiger partial charge in [-0.3, -0.25) is 0 Å². The largest absolute Gasteiger partial charge is 0.393 e. The van der Waals surface area contributed by atoms with E-state index in [1.807, 2.05) is 0 Å². The molecule has 18 heavy (non-hydrogen) atoms. The number of rotatable bonds is 6. The second-order valence-electron chi connectivity index (χ2n) is 6.01. The van der Waals surface area contributed by atoms with Crippen molar-refractivity contribution in [2.24, 2.45) is 11.8 Å². The summed E-state index contributed by atoms with van der Waals surface area (Å²) in [5, 5.41) is 13.5. The maximum absolute atomic E-state index is 9.90. The molecule has 2 atom stereocenters. The van der Waals surface area contributed by atoms with E-state index in [0.717, 1.165) is 38.6 Å². The predicted molar refractivity (Wildman–Crippen MR) is 73.6 cm³/mol. The van der Waals surface area contributed by atoms with Crippen molar-refractivity contribution in [2.75, 3.05) is 26.3 Å². The first kappa shape index (κ1) is 14.3. The second-order valence-corrected chi connectivity index (χ2v) is 6.01. The molecule has 3 nitrogen and oxygen atoms in total. The zero-order valence-electron chi connectivity index (χ0n) is 11.6. The number of hydrogen-bond acceptors (Lipinski definition) is 3. The topological polar surface area (TPSA) is 41.5 Å². The van der Waals surface area contributed by atoms with E-state index >= 15 is 0 Å². The Labute approximate surface area is 111 Å². The van der Waals surface area contributed by atoms with Gasteiger partial charge >= 0.3 is 0 Å². The summed E-state index contributed by atoms with van der Waals surface area (Å²) in [4.78, 5) is 0. The Hall–Kier alpha value is -0.120. The van der Waals surface area contributed by atoms with Gasteiger partial charge in [-0.05, 0) is 63.5 Å². The number of ether oxygens (including phenoxy) is 1. The van der Waals surface area contributed by atoms with Gasteiger partial charge in [-0.15, -0.1) is 0 Å². The van der Waals surface area contributed by atoms with Crippen LogP contribution in [0.4, 0.5) is 0 Å². The molecule has 0 aromatic carbocycles. The molecule has 0 radical (unpaired) electrons. The maximum atomic E-state index is 9.90. The van der Waals surface area contributed by atoms with Crippen LogP contribution in [0.25, 0.3) is 0 Å². The molecule has 1 aliphatic heterocycles. The lowest BCUT2D eigenvalue weighted by Crippen LogP contribution is -2.29. The third-order valence-electron chi connectivity index (χ3n) is 4.57. The van der Waals surface area contributed by atoms with E-state index in [4.69, 9.17) is 4.74 Å². The highest BCUT2D eigenvalue weighted by Crippen LogP contribution is 2.27. The molecule has 0 aromatic heterocycles. The van der Waals surface area contributed by atoms with Crippen LogP contribution < -0.4 is 5.32 Å². The molecule has 3 heteroatoms. The summed E-state index contributed by atoms with van der Waals surface area (Å²) in [6, 6.07) is 0. The minimum atomic E-state index is -0.0192. The number of nitrogens with one attached hydrogen (secondary N) is 1. The zero-order valence-corrected chi connectivity index (χ0v) is 11.6. The van der Waals surface area contributed by atoms with Crippen molar-refractivity contribution in [3.8, 4) is 0 Å². The van der Waals surface area contributed by atoms with Gasteiger partial charge in [0.1, 0.15) is 0 Å². The summed E-state index contributed by atoms with van der Waals surface area (Å²) in [6.45, 7) is 4.15. The van der Waals surface area contributed by atoms with Crippen molar-refractivity contribution in [1.29, 1.82) is 0 Å². The third-order valence-corrected chi connectivity index (χ3v) is 4.57. The fourth-order valence-corrected chi connectivity index (χ4v) is 3.27. The number of hydrogen-bond donors (Lipinski definition) is 2. The molecule has 106 valence electrons. The van der Waals surface area contributed by atoms with Crippen molar-refractivity contribution in [1.82, 2.24) is 5.32 Å². The maximum Gasteiger partial charge on any atom is 0.0568 e. The number of aliphatic hydroxyl groups excluding tert-OH is 1. The summed E-state index contributed by atoms with van der Waals surface area (Å²) < 4.78 is 5.36. The Bertz CT molecular complexity index is 217. The van der Waals surface area contributed by atoms with Crippen LogP contribution in [-0.2, 0) is 4.74 Å². The van der Waals surface area contributed by atoms with E-state index in [1.165, 1.54) is 44.9 Å². The quantitative estimate of drug-likeness (QED) is 0.716. The van der Waals surface area contributed by atoms with Crippen LogP contribution in [0.3, 0.4) is 0 Å². The van der Waals surface area contributed by atoms with Crippen LogP contribution in [0.2, 0.25) is 0 Å². The minimum absolute atomic E-state index is 0.0192. The minimum Gasteiger partial charge on any atom is -0.393 e. The first-order chi connectivity index (χ1) is 8.86. The highest BCUT2D eigenvalue weighted by atomic mass is 16.5. The summed E-state index contributed by atoms with van der Waals surface area (Å²) in [5.41, 5.74) is 0. The summed E-state index contributed by atoms with van der Waals surface area (Å²) >= 11 is 0. The van der Waals surface area contributed by atoms with E-state index in [2.05, 4.69) is 5.32 Å². The Balaban J connectivity index is 1.47. The van der Waals surface area contributed by atoms with Gasteiger partial charge in [-0.2, -0.15) is 0 Å².